The minimum atomic E-state index is -3.83. The molecule has 0 saturated carbocycles. The SMILES string of the molecule is CCN(CC)S(=O)(=O)c1cc(C(=O)NNC(=O)c2ccc(C)cc2)ccc1Cl. The van der Waals surface area contributed by atoms with Gasteiger partial charge in [-0.05, 0) is 37.3 Å². The maximum Gasteiger partial charge on any atom is 0.269 e. The molecule has 0 aliphatic carbocycles. The predicted molar refractivity (Wildman–Crippen MR) is 108 cm³/mol. The van der Waals surface area contributed by atoms with Crippen LogP contribution in [0.4, 0.5) is 0 Å². The lowest BCUT2D eigenvalue weighted by Crippen LogP contribution is -2.41. The van der Waals surface area contributed by atoms with E-state index in [-0.39, 0.29) is 28.6 Å². The van der Waals surface area contributed by atoms with Crippen molar-refractivity contribution >= 4 is 33.4 Å². The molecule has 28 heavy (non-hydrogen) atoms. The Labute approximate surface area is 169 Å². The fraction of sp³-hybridized carbons (Fsp3) is 0.263. The minimum absolute atomic E-state index is 0.0205. The van der Waals surface area contributed by atoms with Gasteiger partial charge in [-0.15, -0.1) is 0 Å². The van der Waals surface area contributed by atoms with Gasteiger partial charge >= 0.3 is 0 Å². The van der Waals surface area contributed by atoms with Gasteiger partial charge in [0.05, 0.1) is 5.02 Å². The second-order valence-corrected chi connectivity index (χ2v) is 8.32. The number of nitrogens with zero attached hydrogens (tertiary/aromatic N) is 1. The molecule has 0 aromatic heterocycles. The number of carbonyl (C=O) groups is 2. The maximum absolute atomic E-state index is 12.7. The van der Waals surface area contributed by atoms with E-state index in [2.05, 4.69) is 10.9 Å². The number of aryl methyl sites for hydroxylation is 1. The smallest absolute Gasteiger partial charge is 0.267 e. The molecule has 2 rings (SSSR count). The van der Waals surface area contributed by atoms with E-state index in [1.54, 1.807) is 38.1 Å². The van der Waals surface area contributed by atoms with Crippen LogP contribution in [0.3, 0.4) is 0 Å². The second kappa shape index (κ2) is 9.18. The third kappa shape index (κ3) is 4.89. The number of amides is 2. The molecule has 0 saturated heterocycles. The Bertz CT molecular complexity index is 971. The summed E-state index contributed by atoms with van der Waals surface area (Å²) in [5.41, 5.74) is 6.02. The summed E-state index contributed by atoms with van der Waals surface area (Å²) in [4.78, 5) is 24.3. The standard InChI is InChI=1S/C19H22ClN3O4S/c1-4-23(5-2)28(26,27)17-12-15(10-11-16(17)20)19(25)22-21-18(24)14-8-6-13(3)7-9-14/h6-12H,4-5H2,1-3H3,(H,21,24)(H,22,25). The van der Waals surface area contributed by atoms with Crippen molar-refractivity contribution in [3.05, 3.63) is 64.2 Å². The van der Waals surface area contributed by atoms with Crippen LogP contribution in [0.15, 0.2) is 47.4 Å². The van der Waals surface area contributed by atoms with E-state index in [1.165, 1.54) is 22.5 Å². The Morgan fingerprint density at radius 1 is 0.929 bits per heavy atom. The van der Waals surface area contributed by atoms with Crippen LogP contribution in [0.5, 0.6) is 0 Å². The number of sulfonamides is 1. The van der Waals surface area contributed by atoms with E-state index in [0.29, 0.717) is 5.56 Å². The molecule has 0 fully saturated rings. The predicted octanol–water partition coefficient (Wildman–Crippen LogP) is 2.75. The lowest BCUT2D eigenvalue weighted by Gasteiger charge is -2.19. The van der Waals surface area contributed by atoms with Crippen LogP contribution in [0.2, 0.25) is 5.02 Å². The average Bonchev–Trinajstić information content (AvgIpc) is 2.67. The molecule has 7 nitrogen and oxygen atoms in total. The van der Waals surface area contributed by atoms with Gasteiger partial charge in [-0.2, -0.15) is 4.31 Å². The molecule has 2 aromatic carbocycles. The van der Waals surface area contributed by atoms with Crippen molar-refractivity contribution in [2.75, 3.05) is 13.1 Å². The van der Waals surface area contributed by atoms with Gasteiger partial charge in [0.2, 0.25) is 10.0 Å². The molecule has 0 aliphatic heterocycles. The highest BCUT2D eigenvalue weighted by molar-refractivity contribution is 7.89. The monoisotopic (exact) mass is 423 g/mol. The molecule has 0 unspecified atom stereocenters. The zero-order valence-electron chi connectivity index (χ0n) is 15.8. The molecule has 0 aliphatic rings. The Morgan fingerprint density at radius 3 is 1.96 bits per heavy atom. The highest BCUT2D eigenvalue weighted by Crippen LogP contribution is 2.25. The molecule has 0 spiro atoms. The van der Waals surface area contributed by atoms with Gasteiger partial charge in [-0.1, -0.05) is 43.1 Å². The van der Waals surface area contributed by atoms with E-state index >= 15 is 0 Å². The molecule has 2 aromatic rings. The van der Waals surface area contributed by atoms with Crippen LogP contribution in [-0.4, -0.2) is 37.6 Å². The molecule has 0 bridgehead atoms. The second-order valence-electron chi connectivity index (χ2n) is 6.01. The van der Waals surface area contributed by atoms with Crippen molar-refractivity contribution in [1.82, 2.24) is 15.2 Å². The number of hydrazine groups is 1. The third-order valence-corrected chi connectivity index (χ3v) is 6.65. The fourth-order valence-corrected chi connectivity index (χ4v) is 4.47. The van der Waals surface area contributed by atoms with Gasteiger partial charge in [-0.25, -0.2) is 8.42 Å². The first-order chi connectivity index (χ1) is 13.2. The van der Waals surface area contributed by atoms with Crippen LogP contribution in [0.1, 0.15) is 40.1 Å². The molecule has 0 radical (unpaired) electrons. The van der Waals surface area contributed by atoms with Crippen molar-refractivity contribution in [3.8, 4) is 0 Å². The molecular weight excluding hydrogens is 402 g/mol. The lowest BCUT2D eigenvalue weighted by molar-refractivity contribution is 0.0846. The van der Waals surface area contributed by atoms with Crippen molar-refractivity contribution in [3.63, 3.8) is 0 Å². The summed E-state index contributed by atoms with van der Waals surface area (Å²) < 4.78 is 26.7. The molecule has 9 heteroatoms. The number of rotatable bonds is 6. The minimum Gasteiger partial charge on any atom is -0.267 e. The van der Waals surface area contributed by atoms with Crippen LogP contribution in [0.25, 0.3) is 0 Å². The van der Waals surface area contributed by atoms with E-state index in [9.17, 15) is 18.0 Å². The summed E-state index contributed by atoms with van der Waals surface area (Å²) in [6.45, 7) is 5.88. The van der Waals surface area contributed by atoms with E-state index < -0.39 is 21.8 Å². The highest BCUT2D eigenvalue weighted by Gasteiger charge is 2.25. The summed E-state index contributed by atoms with van der Waals surface area (Å²) in [6.07, 6.45) is 0. The summed E-state index contributed by atoms with van der Waals surface area (Å²) in [7, 11) is -3.83. The van der Waals surface area contributed by atoms with Crippen molar-refractivity contribution in [1.29, 1.82) is 0 Å². The number of carbonyl (C=O) groups excluding carboxylic acids is 2. The summed E-state index contributed by atoms with van der Waals surface area (Å²) >= 11 is 6.06. The summed E-state index contributed by atoms with van der Waals surface area (Å²) in [5, 5.41) is 0.0205. The van der Waals surface area contributed by atoms with Gasteiger partial charge in [-0.3, -0.25) is 20.4 Å². The van der Waals surface area contributed by atoms with Crippen LogP contribution in [-0.2, 0) is 10.0 Å². The first kappa shape index (κ1) is 21.9. The zero-order chi connectivity index (χ0) is 20.9. The molecule has 0 heterocycles. The molecule has 0 atom stereocenters. The number of benzene rings is 2. The van der Waals surface area contributed by atoms with Gasteiger partial charge in [0.15, 0.2) is 0 Å². The molecule has 2 amide bonds. The average molecular weight is 424 g/mol. The van der Waals surface area contributed by atoms with Crippen LogP contribution >= 0.6 is 11.6 Å². The number of halogens is 1. The van der Waals surface area contributed by atoms with Gasteiger partial charge in [0, 0.05) is 24.2 Å². The van der Waals surface area contributed by atoms with Crippen molar-refractivity contribution in [2.45, 2.75) is 25.7 Å². The lowest BCUT2D eigenvalue weighted by atomic mass is 10.1. The van der Waals surface area contributed by atoms with Crippen LogP contribution < -0.4 is 10.9 Å². The zero-order valence-corrected chi connectivity index (χ0v) is 17.4. The quantitative estimate of drug-likeness (QED) is 0.698. The Kier molecular flexibility index (Phi) is 7.17. The first-order valence-electron chi connectivity index (χ1n) is 8.67. The first-order valence-corrected chi connectivity index (χ1v) is 10.5. The van der Waals surface area contributed by atoms with Crippen LogP contribution in [0, 0.1) is 6.92 Å². The fourth-order valence-electron chi connectivity index (χ4n) is 2.51. The Hall–Kier alpha value is -2.42. The van der Waals surface area contributed by atoms with Crippen molar-refractivity contribution < 1.29 is 18.0 Å². The Balaban J connectivity index is 2.18. The highest BCUT2D eigenvalue weighted by atomic mass is 35.5. The molecule has 2 N–H and O–H groups in total. The van der Waals surface area contributed by atoms with Gasteiger partial charge in [0.25, 0.3) is 11.8 Å². The van der Waals surface area contributed by atoms with E-state index in [1.807, 2.05) is 6.92 Å². The van der Waals surface area contributed by atoms with Crippen molar-refractivity contribution in [2.24, 2.45) is 0 Å². The van der Waals surface area contributed by atoms with Gasteiger partial charge < -0.3 is 0 Å². The van der Waals surface area contributed by atoms with E-state index in [0.717, 1.165) is 5.56 Å². The maximum atomic E-state index is 12.7. The van der Waals surface area contributed by atoms with E-state index in [4.69, 9.17) is 11.6 Å². The summed E-state index contributed by atoms with van der Waals surface area (Å²) in [6, 6.07) is 10.7. The summed E-state index contributed by atoms with van der Waals surface area (Å²) in [5.74, 6) is -1.15. The number of hydrogen-bond donors (Lipinski definition) is 2. The number of nitrogens with one attached hydrogen (secondary N) is 2. The normalized spacial score (nSPS) is 11.3. The van der Waals surface area contributed by atoms with Gasteiger partial charge in [0.1, 0.15) is 4.90 Å². The Morgan fingerprint density at radius 2 is 1.43 bits per heavy atom. The molecular formula is C19H22ClN3O4S. The largest absolute Gasteiger partial charge is 0.269 e. The topological polar surface area (TPSA) is 95.6 Å². The third-order valence-electron chi connectivity index (χ3n) is 4.12. The number of hydrogen-bond acceptors (Lipinski definition) is 4. The molecule has 150 valence electrons.